The lowest BCUT2D eigenvalue weighted by Gasteiger charge is -2.29. The molecule has 0 bridgehead atoms. The van der Waals surface area contributed by atoms with Gasteiger partial charge in [0.1, 0.15) is 0 Å². The number of hydrogen-bond acceptors (Lipinski definition) is 4. The van der Waals surface area contributed by atoms with Crippen molar-refractivity contribution < 1.29 is 4.79 Å². The van der Waals surface area contributed by atoms with E-state index in [-0.39, 0.29) is 11.3 Å². The Kier molecular flexibility index (Phi) is 3.27. The topological polar surface area (TPSA) is 54.3 Å². The van der Waals surface area contributed by atoms with Crippen molar-refractivity contribution in [2.24, 2.45) is 7.05 Å². The van der Waals surface area contributed by atoms with E-state index in [1.54, 1.807) is 11.6 Å². The molecule has 5 nitrogen and oxygen atoms in total. The van der Waals surface area contributed by atoms with Crippen LogP contribution in [-0.4, -0.2) is 36.5 Å². The van der Waals surface area contributed by atoms with Gasteiger partial charge in [0, 0.05) is 60.8 Å². The van der Waals surface area contributed by atoms with Crippen LogP contribution in [0.5, 0.6) is 0 Å². The molecular formula is C21H19N3O2. The summed E-state index contributed by atoms with van der Waals surface area (Å²) >= 11 is 0. The van der Waals surface area contributed by atoms with Crippen LogP contribution in [0.4, 0.5) is 5.69 Å². The van der Waals surface area contributed by atoms with Crippen molar-refractivity contribution in [3.63, 3.8) is 0 Å². The molecule has 2 aromatic carbocycles. The molecule has 1 N–H and O–H groups in total. The number of nitrogens with one attached hydrogen (secondary N) is 1. The van der Waals surface area contributed by atoms with Gasteiger partial charge >= 0.3 is 0 Å². The lowest BCUT2D eigenvalue weighted by molar-refractivity contribution is 0.104. The van der Waals surface area contributed by atoms with Gasteiger partial charge in [-0.2, -0.15) is 0 Å². The summed E-state index contributed by atoms with van der Waals surface area (Å²) in [6.07, 6.45) is 0. The second-order valence-electron chi connectivity index (χ2n) is 6.93. The number of benzene rings is 2. The Morgan fingerprint density at radius 3 is 2.42 bits per heavy atom. The molecule has 3 aromatic rings. The molecular weight excluding hydrogens is 326 g/mol. The van der Waals surface area contributed by atoms with E-state index in [1.165, 1.54) is 0 Å². The van der Waals surface area contributed by atoms with Gasteiger partial charge in [-0.05, 0) is 12.1 Å². The summed E-state index contributed by atoms with van der Waals surface area (Å²) in [6.45, 7) is 3.71. The van der Waals surface area contributed by atoms with Crippen molar-refractivity contribution in [1.82, 2.24) is 9.88 Å². The van der Waals surface area contributed by atoms with E-state index in [9.17, 15) is 9.59 Å². The van der Waals surface area contributed by atoms with Gasteiger partial charge in [-0.25, -0.2) is 0 Å². The predicted octanol–water partition coefficient (Wildman–Crippen LogP) is 2.16. The number of ketones is 1. The van der Waals surface area contributed by atoms with Crippen molar-refractivity contribution in [1.29, 1.82) is 0 Å². The highest BCUT2D eigenvalue weighted by Gasteiger charge is 2.31. The van der Waals surface area contributed by atoms with Gasteiger partial charge in [-0.1, -0.05) is 30.3 Å². The van der Waals surface area contributed by atoms with Gasteiger partial charge in [0.25, 0.3) is 5.56 Å². The predicted molar refractivity (Wildman–Crippen MR) is 103 cm³/mol. The number of carbonyl (C=O) groups excluding carboxylic acids is 1. The van der Waals surface area contributed by atoms with E-state index in [0.29, 0.717) is 16.5 Å². The van der Waals surface area contributed by atoms with Gasteiger partial charge < -0.3 is 14.8 Å². The quantitative estimate of drug-likeness (QED) is 0.574. The minimum absolute atomic E-state index is 0.00567. The Morgan fingerprint density at radius 2 is 1.65 bits per heavy atom. The zero-order valence-electron chi connectivity index (χ0n) is 14.6. The Morgan fingerprint density at radius 1 is 0.923 bits per heavy atom. The van der Waals surface area contributed by atoms with Crippen LogP contribution in [0.25, 0.3) is 22.0 Å². The van der Waals surface area contributed by atoms with E-state index in [1.807, 2.05) is 42.5 Å². The molecule has 26 heavy (non-hydrogen) atoms. The molecule has 2 aliphatic rings. The Labute approximate surface area is 150 Å². The summed E-state index contributed by atoms with van der Waals surface area (Å²) in [5, 5.41) is 4.71. The van der Waals surface area contributed by atoms with Crippen molar-refractivity contribution in [2.75, 3.05) is 31.1 Å². The second kappa shape index (κ2) is 5.54. The molecule has 5 rings (SSSR count). The molecule has 5 heteroatoms. The molecule has 1 fully saturated rings. The molecule has 1 aliphatic carbocycles. The minimum Gasteiger partial charge on any atom is -0.369 e. The molecule has 2 heterocycles. The Bertz CT molecular complexity index is 1120. The van der Waals surface area contributed by atoms with Crippen molar-refractivity contribution in [2.45, 2.75) is 0 Å². The molecule has 1 aliphatic heterocycles. The number of piperazine rings is 1. The summed E-state index contributed by atoms with van der Waals surface area (Å²) in [5.41, 5.74) is 3.89. The number of aromatic nitrogens is 1. The highest BCUT2D eigenvalue weighted by molar-refractivity contribution is 6.26. The molecule has 0 atom stereocenters. The number of fused-ring (bicyclic) bond motifs is 5. The highest BCUT2D eigenvalue weighted by Crippen LogP contribution is 2.39. The maximum Gasteiger partial charge on any atom is 0.258 e. The maximum atomic E-state index is 13.1. The smallest absolute Gasteiger partial charge is 0.258 e. The van der Waals surface area contributed by atoms with Crippen LogP contribution >= 0.6 is 0 Å². The van der Waals surface area contributed by atoms with Crippen LogP contribution in [0.2, 0.25) is 0 Å². The molecule has 130 valence electrons. The summed E-state index contributed by atoms with van der Waals surface area (Å²) in [6, 6.07) is 13.4. The first-order chi connectivity index (χ1) is 12.7. The van der Waals surface area contributed by atoms with Crippen LogP contribution in [-0.2, 0) is 7.05 Å². The first-order valence-corrected chi connectivity index (χ1v) is 8.93. The van der Waals surface area contributed by atoms with Crippen LogP contribution in [0, 0.1) is 0 Å². The average Bonchev–Trinajstić information content (AvgIpc) is 3.00. The van der Waals surface area contributed by atoms with Crippen molar-refractivity contribution in [3.05, 3.63) is 63.9 Å². The van der Waals surface area contributed by atoms with E-state index < -0.39 is 0 Å². The fourth-order valence-corrected chi connectivity index (χ4v) is 4.19. The molecule has 0 amide bonds. The van der Waals surface area contributed by atoms with Gasteiger partial charge in [0.2, 0.25) is 0 Å². The van der Waals surface area contributed by atoms with Gasteiger partial charge in [-0.15, -0.1) is 0 Å². The van der Waals surface area contributed by atoms with Gasteiger partial charge in [-0.3, -0.25) is 9.59 Å². The first-order valence-electron chi connectivity index (χ1n) is 8.93. The zero-order valence-corrected chi connectivity index (χ0v) is 14.6. The number of rotatable bonds is 1. The molecule has 1 saturated heterocycles. The average molecular weight is 345 g/mol. The number of anilines is 1. The monoisotopic (exact) mass is 345 g/mol. The number of carbonyl (C=O) groups is 1. The zero-order chi connectivity index (χ0) is 17.8. The van der Waals surface area contributed by atoms with E-state index in [0.717, 1.165) is 48.5 Å². The third kappa shape index (κ3) is 2.01. The van der Waals surface area contributed by atoms with Gasteiger partial charge in [0.05, 0.1) is 11.3 Å². The molecule has 0 unspecified atom stereocenters. The summed E-state index contributed by atoms with van der Waals surface area (Å²) in [5.74, 6) is 0.00567. The minimum atomic E-state index is -0.0553. The van der Waals surface area contributed by atoms with Crippen LogP contribution in [0.15, 0.2) is 47.3 Å². The third-order valence-corrected chi connectivity index (χ3v) is 5.52. The van der Waals surface area contributed by atoms with E-state index in [4.69, 9.17) is 0 Å². The summed E-state index contributed by atoms with van der Waals surface area (Å²) in [4.78, 5) is 28.4. The fraction of sp³-hybridized carbons (Fsp3) is 0.238. The molecule has 0 saturated carbocycles. The summed E-state index contributed by atoms with van der Waals surface area (Å²) < 4.78 is 1.63. The largest absolute Gasteiger partial charge is 0.369 e. The second-order valence-corrected chi connectivity index (χ2v) is 6.93. The van der Waals surface area contributed by atoms with Crippen molar-refractivity contribution in [3.8, 4) is 11.3 Å². The number of pyridine rings is 1. The van der Waals surface area contributed by atoms with Crippen LogP contribution < -0.4 is 15.8 Å². The van der Waals surface area contributed by atoms with Crippen molar-refractivity contribution >= 4 is 22.2 Å². The molecule has 1 aromatic heterocycles. The standard InChI is InChI=1S/C21H19N3O2/c1-23-19-15-4-2-3-5-16(15)20(25)18(19)14-7-6-13(12-17(14)21(23)26)24-10-8-22-9-11-24/h2-7,12,22H,8-11H2,1H3. The highest BCUT2D eigenvalue weighted by atomic mass is 16.1. The van der Waals surface area contributed by atoms with E-state index in [2.05, 4.69) is 10.2 Å². The van der Waals surface area contributed by atoms with Crippen LogP contribution in [0.3, 0.4) is 0 Å². The fourth-order valence-electron chi connectivity index (χ4n) is 4.19. The van der Waals surface area contributed by atoms with Gasteiger partial charge in [0.15, 0.2) is 5.78 Å². The SMILES string of the molecule is Cn1c2c(c3ccc(N4CCNCC4)cc3c1=O)C(=O)c1ccccc1-2. The maximum absolute atomic E-state index is 13.1. The lowest BCUT2D eigenvalue weighted by atomic mass is 10.0. The molecule has 0 spiro atoms. The number of nitrogens with zero attached hydrogens (tertiary/aromatic N) is 2. The van der Waals surface area contributed by atoms with E-state index >= 15 is 0 Å². The normalized spacial score (nSPS) is 16.0. The molecule has 0 radical (unpaired) electrons. The summed E-state index contributed by atoms with van der Waals surface area (Å²) in [7, 11) is 1.76. The lowest BCUT2D eigenvalue weighted by Crippen LogP contribution is -2.43. The number of hydrogen-bond donors (Lipinski definition) is 1. The Balaban J connectivity index is 1.78. The first kappa shape index (κ1) is 15.3. The van der Waals surface area contributed by atoms with Crippen LogP contribution in [0.1, 0.15) is 15.9 Å². The third-order valence-electron chi connectivity index (χ3n) is 5.52. The Hall–Kier alpha value is -2.92.